The lowest BCUT2D eigenvalue weighted by Gasteiger charge is -2.05. The first-order chi connectivity index (χ1) is 5.76. The number of rotatable bonds is 5. The molecule has 0 aromatic heterocycles. The summed E-state index contributed by atoms with van der Waals surface area (Å²) in [4.78, 5) is 11.1. The average Bonchev–Trinajstić information content (AvgIpc) is 2.10. The van der Waals surface area contributed by atoms with Gasteiger partial charge in [-0.3, -0.25) is 0 Å². The molecule has 0 saturated heterocycles. The number of esters is 1. The number of carbonyl (C=O) groups is 1. The number of likely N-dealkylation sites (N-methyl/N-ethyl adjacent to an activating group) is 1. The van der Waals surface area contributed by atoms with Crippen molar-refractivity contribution in [3.63, 3.8) is 0 Å². The van der Waals surface area contributed by atoms with Gasteiger partial charge in [-0.15, -0.1) is 0 Å². The minimum atomic E-state index is -0.423. The van der Waals surface area contributed by atoms with Crippen molar-refractivity contribution < 1.29 is 14.6 Å². The highest BCUT2D eigenvalue weighted by Gasteiger charge is 2.06. The van der Waals surface area contributed by atoms with Gasteiger partial charge in [-0.05, 0) is 6.42 Å². The summed E-state index contributed by atoms with van der Waals surface area (Å²) in [6.45, 7) is 1.83. The van der Waals surface area contributed by atoms with Gasteiger partial charge in [0.15, 0.2) is 0 Å². The van der Waals surface area contributed by atoms with E-state index in [1.54, 1.807) is 13.1 Å². The Balaban J connectivity index is 3.95. The quantitative estimate of drug-likeness (QED) is 0.455. The van der Waals surface area contributed by atoms with Crippen molar-refractivity contribution in [2.75, 3.05) is 20.3 Å². The summed E-state index contributed by atoms with van der Waals surface area (Å²) in [5.74, 6) is -0.423. The molecule has 70 valence electrons. The number of aliphatic hydroxyl groups is 1. The molecule has 0 aliphatic rings. The molecule has 2 N–H and O–H groups in total. The van der Waals surface area contributed by atoms with Gasteiger partial charge in [0.25, 0.3) is 0 Å². The van der Waals surface area contributed by atoms with Crippen molar-refractivity contribution in [1.29, 1.82) is 0 Å². The minimum Gasteiger partial charge on any atom is -0.459 e. The van der Waals surface area contributed by atoms with E-state index < -0.39 is 5.97 Å². The fourth-order valence-electron chi connectivity index (χ4n) is 0.708. The second-order valence-corrected chi connectivity index (χ2v) is 2.14. The van der Waals surface area contributed by atoms with Crippen LogP contribution in [0.2, 0.25) is 0 Å². The van der Waals surface area contributed by atoms with Crippen molar-refractivity contribution in [2.24, 2.45) is 0 Å². The van der Waals surface area contributed by atoms with E-state index in [-0.39, 0.29) is 13.2 Å². The topological polar surface area (TPSA) is 58.6 Å². The molecule has 0 aromatic rings. The molecule has 12 heavy (non-hydrogen) atoms. The second kappa shape index (κ2) is 6.67. The van der Waals surface area contributed by atoms with Gasteiger partial charge >= 0.3 is 5.97 Å². The number of ether oxygens (including phenoxy) is 1. The van der Waals surface area contributed by atoms with Crippen LogP contribution in [0, 0.1) is 0 Å². The van der Waals surface area contributed by atoms with Gasteiger partial charge in [0.1, 0.15) is 12.3 Å². The van der Waals surface area contributed by atoms with Gasteiger partial charge in [-0.2, -0.15) is 0 Å². The first kappa shape index (κ1) is 11.0. The van der Waals surface area contributed by atoms with Crippen LogP contribution in [0.15, 0.2) is 11.8 Å². The molecule has 0 atom stereocenters. The highest BCUT2D eigenvalue weighted by atomic mass is 16.5. The Labute approximate surface area is 72.2 Å². The zero-order valence-electron chi connectivity index (χ0n) is 7.46. The molecule has 0 saturated carbocycles. The molecule has 0 heterocycles. The molecule has 0 bridgehead atoms. The third-order valence-electron chi connectivity index (χ3n) is 1.22. The van der Waals surface area contributed by atoms with Crippen molar-refractivity contribution in [1.82, 2.24) is 5.32 Å². The van der Waals surface area contributed by atoms with Gasteiger partial charge in [-0.1, -0.05) is 13.0 Å². The Kier molecular flexibility index (Phi) is 6.09. The zero-order valence-corrected chi connectivity index (χ0v) is 7.46. The Morgan fingerprint density at radius 2 is 2.33 bits per heavy atom. The van der Waals surface area contributed by atoms with E-state index in [1.165, 1.54) is 0 Å². The summed E-state index contributed by atoms with van der Waals surface area (Å²) < 4.78 is 4.68. The average molecular weight is 173 g/mol. The van der Waals surface area contributed by atoms with Crippen LogP contribution in [0.3, 0.4) is 0 Å². The summed E-state index contributed by atoms with van der Waals surface area (Å²) in [6.07, 6.45) is 2.50. The van der Waals surface area contributed by atoms with Crippen LogP contribution in [0.5, 0.6) is 0 Å². The number of carbonyl (C=O) groups excluding carboxylic acids is 1. The van der Waals surface area contributed by atoms with Gasteiger partial charge in [-0.25, -0.2) is 4.79 Å². The number of aliphatic hydroxyl groups excluding tert-OH is 1. The van der Waals surface area contributed by atoms with Gasteiger partial charge in [0.2, 0.25) is 0 Å². The van der Waals surface area contributed by atoms with Crippen LogP contribution < -0.4 is 5.32 Å². The molecular weight excluding hydrogens is 158 g/mol. The third kappa shape index (κ3) is 3.98. The predicted molar refractivity (Wildman–Crippen MR) is 45.5 cm³/mol. The maximum absolute atomic E-state index is 11.1. The van der Waals surface area contributed by atoms with Gasteiger partial charge in [0, 0.05) is 7.05 Å². The van der Waals surface area contributed by atoms with Crippen LogP contribution in [0.25, 0.3) is 0 Å². The van der Waals surface area contributed by atoms with E-state index in [0.717, 1.165) is 6.42 Å². The molecule has 0 unspecified atom stereocenters. The van der Waals surface area contributed by atoms with E-state index in [0.29, 0.717) is 5.70 Å². The molecule has 4 heteroatoms. The van der Waals surface area contributed by atoms with Crippen LogP contribution in [0.4, 0.5) is 0 Å². The van der Waals surface area contributed by atoms with E-state index in [4.69, 9.17) is 5.11 Å². The number of allylic oxidation sites excluding steroid dienone is 1. The largest absolute Gasteiger partial charge is 0.459 e. The summed E-state index contributed by atoms with van der Waals surface area (Å²) in [5.41, 5.74) is 0.436. The number of hydrogen-bond donors (Lipinski definition) is 2. The molecule has 0 aliphatic carbocycles. The van der Waals surface area contributed by atoms with E-state index in [9.17, 15) is 4.79 Å². The normalized spacial score (nSPS) is 11.1. The Morgan fingerprint density at radius 3 is 2.75 bits per heavy atom. The van der Waals surface area contributed by atoms with Gasteiger partial charge < -0.3 is 15.2 Å². The number of hydrogen-bond acceptors (Lipinski definition) is 4. The number of nitrogens with one attached hydrogen (secondary N) is 1. The zero-order chi connectivity index (χ0) is 9.40. The van der Waals surface area contributed by atoms with Crippen molar-refractivity contribution >= 4 is 5.97 Å². The third-order valence-corrected chi connectivity index (χ3v) is 1.22. The lowest BCUT2D eigenvalue weighted by molar-refractivity contribution is -0.140. The molecule has 0 aliphatic heterocycles. The lowest BCUT2D eigenvalue weighted by Crippen LogP contribution is -2.20. The second-order valence-electron chi connectivity index (χ2n) is 2.14. The van der Waals surface area contributed by atoms with Crippen LogP contribution >= 0.6 is 0 Å². The van der Waals surface area contributed by atoms with Crippen LogP contribution in [-0.4, -0.2) is 31.3 Å². The first-order valence-electron chi connectivity index (χ1n) is 3.92. The maximum Gasteiger partial charge on any atom is 0.354 e. The Bertz CT molecular complexity index is 166. The minimum absolute atomic E-state index is 0.0432. The predicted octanol–water partition coefficient (Wildman–Crippen LogP) is 0.0352. The molecule has 0 radical (unpaired) electrons. The van der Waals surface area contributed by atoms with E-state index >= 15 is 0 Å². The fraction of sp³-hybridized carbons (Fsp3) is 0.625. The Hall–Kier alpha value is -1.03. The summed E-state index contributed by atoms with van der Waals surface area (Å²) >= 11 is 0. The van der Waals surface area contributed by atoms with Crippen molar-refractivity contribution in [3.05, 3.63) is 11.8 Å². The van der Waals surface area contributed by atoms with E-state index in [1.807, 2.05) is 6.92 Å². The monoisotopic (exact) mass is 173 g/mol. The molecule has 0 amide bonds. The fourth-order valence-corrected chi connectivity index (χ4v) is 0.708. The van der Waals surface area contributed by atoms with Gasteiger partial charge in [0.05, 0.1) is 6.61 Å². The first-order valence-corrected chi connectivity index (χ1v) is 3.92. The molecular formula is C8H15NO3. The maximum atomic E-state index is 11.1. The lowest BCUT2D eigenvalue weighted by atomic mass is 10.3. The molecule has 0 rings (SSSR count). The molecule has 0 aromatic carbocycles. The van der Waals surface area contributed by atoms with Crippen molar-refractivity contribution in [2.45, 2.75) is 13.3 Å². The van der Waals surface area contributed by atoms with Crippen molar-refractivity contribution in [3.8, 4) is 0 Å². The Morgan fingerprint density at radius 1 is 1.67 bits per heavy atom. The van der Waals surface area contributed by atoms with E-state index in [2.05, 4.69) is 10.1 Å². The van der Waals surface area contributed by atoms with Crippen LogP contribution in [0.1, 0.15) is 13.3 Å². The highest BCUT2D eigenvalue weighted by molar-refractivity contribution is 5.87. The standard InChI is InChI=1S/C8H15NO3/c1-3-4-7(9-2)8(11)12-6-5-10/h4,9-10H,3,5-6H2,1-2H3. The molecule has 4 nitrogen and oxygen atoms in total. The smallest absolute Gasteiger partial charge is 0.354 e. The highest BCUT2D eigenvalue weighted by Crippen LogP contribution is 1.94. The summed E-state index contributed by atoms with van der Waals surface area (Å²) in [6, 6.07) is 0. The summed E-state index contributed by atoms with van der Waals surface area (Å²) in [7, 11) is 1.65. The summed E-state index contributed by atoms with van der Waals surface area (Å²) in [5, 5.41) is 11.1. The molecule has 0 spiro atoms. The SMILES string of the molecule is CCC=C(NC)C(=O)OCCO. The molecule has 0 fully saturated rings. The van der Waals surface area contributed by atoms with Crippen LogP contribution in [-0.2, 0) is 9.53 Å².